The second kappa shape index (κ2) is 8.46. The van der Waals surface area contributed by atoms with Crippen molar-refractivity contribution in [3.63, 3.8) is 0 Å². The van der Waals surface area contributed by atoms with Crippen molar-refractivity contribution in [2.45, 2.75) is 19.9 Å². The number of carbonyl (C=O) groups is 2. The van der Waals surface area contributed by atoms with Crippen molar-refractivity contribution >= 4 is 49.7 Å². The molecule has 33 heavy (non-hydrogen) atoms. The summed E-state index contributed by atoms with van der Waals surface area (Å²) >= 11 is 2.62. The van der Waals surface area contributed by atoms with Crippen LogP contribution in [0.3, 0.4) is 0 Å². The minimum absolute atomic E-state index is 0.0477. The number of thiophene rings is 1. The van der Waals surface area contributed by atoms with Gasteiger partial charge in [-0.2, -0.15) is 0 Å². The van der Waals surface area contributed by atoms with Gasteiger partial charge in [-0.3, -0.25) is 14.5 Å². The molecule has 1 unspecified atom stereocenters. The van der Waals surface area contributed by atoms with Gasteiger partial charge in [0.2, 0.25) is 5.78 Å². The number of aliphatic hydroxyl groups excluding tert-OH is 1. The van der Waals surface area contributed by atoms with Crippen molar-refractivity contribution in [2.75, 3.05) is 11.5 Å². The maximum Gasteiger partial charge on any atom is 0.296 e. The van der Waals surface area contributed by atoms with Gasteiger partial charge < -0.3 is 9.84 Å². The lowest BCUT2D eigenvalue weighted by Crippen LogP contribution is -2.30. The van der Waals surface area contributed by atoms with Crippen molar-refractivity contribution in [1.82, 2.24) is 4.98 Å². The number of nitrogens with zero attached hydrogens (tertiary/aromatic N) is 2. The molecule has 0 saturated carbocycles. The standard InChI is InChI=1S/C25H20N2O4S2/c1-3-31-16-7-4-6-15(13-16)21-20(22(28)18-8-5-11-32-18)23(29)24(30)27(21)25-26-17-10-9-14(2)12-19(17)33-25/h4-13,21,29H,3H2,1-2H3. The predicted molar refractivity (Wildman–Crippen MR) is 130 cm³/mol. The van der Waals surface area contributed by atoms with Crippen LogP contribution in [0.2, 0.25) is 0 Å². The molecular formula is C25H20N2O4S2. The van der Waals surface area contributed by atoms with Gasteiger partial charge in [0, 0.05) is 0 Å². The number of Topliss-reactive ketones (excluding diaryl/α,β-unsaturated/α-hetero) is 1. The van der Waals surface area contributed by atoms with Crippen molar-refractivity contribution in [3.05, 3.63) is 87.3 Å². The number of hydrogen-bond acceptors (Lipinski definition) is 7. The van der Waals surface area contributed by atoms with Gasteiger partial charge in [-0.25, -0.2) is 4.98 Å². The Balaban J connectivity index is 1.68. The van der Waals surface area contributed by atoms with Gasteiger partial charge in [0.05, 0.1) is 33.3 Å². The maximum atomic E-state index is 13.4. The van der Waals surface area contributed by atoms with Crippen LogP contribution in [0.15, 0.2) is 71.3 Å². The molecule has 3 heterocycles. The molecule has 0 fully saturated rings. The van der Waals surface area contributed by atoms with Gasteiger partial charge in [-0.15, -0.1) is 11.3 Å². The SMILES string of the molecule is CCOc1cccc(C2C(C(=O)c3cccs3)=C(O)C(=O)N2c2nc3ccc(C)cc3s2)c1. The number of benzene rings is 2. The molecule has 166 valence electrons. The number of thiazole rings is 1. The summed E-state index contributed by atoms with van der Waals surface area (Å²) in [6.45, 7) is 4.36. The molecule has 1 aliphatic rings. The minimum Gasteiger partial charge on any atom is -0.503 e. The lowest BCUT2D eigenvalue weighted by molar-refractivity contribution is -0.117. The Labute approximate surface area is 198 Å². The topological polar surface area (TPSA) is 79.7 Å². The Hall–Kier alpha value is -3.49. The summed E-state index contributed by atoms with van der Waals surface area (Å²) < 4.78 is 6.58. The Morgan fingerprint density at radius 1 is 1.18 bits per heavy atom. The quantitative estimate of drug-likeness (QED) is 0.353. The van der Waals surface area contributed by atoms with Crippen molar-refractivity contribution in [3.8, 4) is 5.75 Å². The van der Waals surface area contributed by atoms with Crippen molar-refractivity contribution in [2.24, 2.45) is 0 Å². The number of aryl methyl sites for hydroxylation is 1. The summed E-state index contributed by atoms with van der Waals surface area (Å²) in [6, 6.07) is 15.8. The summed E-state index contributed by atoms with van der Waals surface area (Å²) in [5.74, 6) is -0.938. The number of aromatic nitrogens is 1. The molecule has 6 nitrogen and oxygen atoms in total. The minimum atomic E-state index is -0.825. The lowest BCUT2D eigenvalue weighted by Gasteiger charge is -2.24. The first kappa shape index (κ1) is 21.4. The highest BCUT2D eigenvalue weighted by Crippen LogP contribution is 2.45. The molecule has 0 radical (unpaired) electrons. The van der Waals surface area contributed by atoms with E-state index < -0.39 is 17.7 Å². The van der Waals surface area contributed by atoms with E-state index in [0.29, 0.717) is 27.9 Å². The third kappa shape index (κ3) is 3.71. The summed E-state index contributed by atoms with van der Waals surface area (Å²) in [5.41, 5.74) is 2.55. The number of rotatable bonds is 6. The summed E-state index contributed by atoms with van der Waals surface area (Å²) in [6.07, 6.45) is 0. The van der Waals surface area contributed by atoms with E-state index in [9.17, 15) is 14.7 Å². The van der Waals surface area contributed by atoms with Crippen molar-refractivity contribution in [1.29, 1.82) is 0 Å². The molecule has 0 spiro atoms. The molecule has 2 aromatic carbocycles. The average Bonchev–Trinajstić information content (AvgIpc) is 3.53. The highest BCUT2D eigenvalue weighted by molar-refractivity contribution is 7.22. The summed E-state index contributed by atoms with van der Waals surface area (Å²) in [5, 5.41) is 13.1. The summed E-state index contributed by atoms with van der Waals surface area (Å²) in [7, 11) is 0. The van der Waals surface area contributed by atoms with Gasteiger partial charge in [0.1, 0.15) is 5.75 Å². The van der Waals surface area contributed by atoms with Gasteiger partial charge in [0.15, 0.2) is 10.9 Å². The maximum absolute atomic E-state index is 13.4. The number of anilines is 1. The molecule has 1 atom stereocenters. The number of carbonyl (C=O) groups excluding carboxylic acids is 2. The summed E-state index contributed by atoms with van der Waals surface area (Å²) in [4.78, 5) is 33.3. The molecule has 1 aliphatic heterocycles. The number of ketones is 1. The molecule has 0 bridgehead atoms. The van der Waals surface area contributed by atoms with Crippen LogP contribution >= 0.6 is 22.7 Å². The third-order valence-electron chi connectivity index (χ3n) is 5.42. The van der Waals surface area contributed by atoms with E-state index in [1.54, 1.807) is 23.6 Å². The van der Waals surface area contributed by atoms with Crippen molar-refractivity contribution < 1.29 is 19.4 Å². The second-order valence-electron chi connectivity index (χ2n) is 7.62. The molecule has 0 aliphatic carbocycles. The van der Waals surface area contributed by atoms with Crippen LogP contribution in [0.25, 0.3) is 10.2 Å². The number of aliphatic hydroxyl groups is 1. The van der Waals surface area contributed by atoms with Gasteiger partial charge >= 0.3 is 0 Å². The first-order valence-electron chi connectivity index (χ1n) is 10.4. The fourth-order valence-corrected chi connectivity index (χ4v) is 5.72. The second-order valence-corrected chi connectivity index (χ2v) is 9.58. The normalized spacial score (nSPS) is 16.1. The zero-order valence-corrected chi connectivity index (χ0v) is 19.6. The molecule has 2 aromatic heterocycles. The van der Waals surface area contributed by atoms with E-state index in [4.69, 9.17) is 4.74 Å². The highest BCUT2D eigenvalue weighted by atomic mass is 32.1. The predicted octanol–water partition coefficient (Wildman–Crippen LogP) is 5.85. The van der Waals surface area contributed by atoms with E-state index in [2.05, 4.69) is 4.98 Å². The number of fused-ring (bicyclic) bond motifs is 1. The van der Waals surface area contributed by atoms with Gasteiger partial charge in [0.25, 0.3) is 5.91 Å². The Morgan fingerprint density at radius 3 is 2.79 bits per heavy atom. The van der Waals surface area contributed by atoms with E-state index in [-0.39, 0.29) is 11.4 Å². The smallest absolute Gasteiger partial charge is 0.296 e. The van der Waals surface area contributed by atoms with Crippen LogP contribution in [0, 0.1) is 6.92 Å². The van der Waals surface area contributed by atoms with E-state index in [1.807, 2.05) is 50.2 Å². The molecule has 8 heteroatoms. The van der Waals surface area contributed by atoms with Crippen LogP contribution in [0.1, 0.15) is 33.8 Å². The van der Waals surface area contributed by atoms with Crippen LogP contribution in [-0.4, -0.2) is 28.4 Å². The Morgan fingerprint density at radius 2 is 2.03 bits per heavy atom. The Bertz CT molecular complexity index is 1410. The van der Waals surface area contributed by atoms with Crippen LogP contribution < -0.4 is 9.64 Å². The molecular weight excluding hydrogens is 456 g/mol. The fourth-order valence-electron chi connectivity index (χ4n) is 3.95. The molecule has 4 aromatic rings. The zero-order chi connectivity index (χ0) is 23.1. The molecule has 1 N–H and O–H groups in total. The number of amides is 1. The zero-order valence-electron chi connectivity index (χ0n) is 17.9. The van der Waals surface area contributed by atoms with Crippen LogP contribution in [-0.2, 0) is 4.79 Å². The third-order valence-corrected chi connectivity index (χ3v) is 7.31. The highest BCUT2D eigenvalue weighted by Gasteiger charge is 2.46. The lowest BCUT2D eigenvalue weighted by atomic mass is 9.95. The van der Waals surface area contributed by atoms with Gasteiger partial charge in [-0.05, 0) is 60.7 Å². The fraction of sp³-hybridized carbons (Fsp3) is 0.160. The molecule has 0 saturated heterocycles. The van der Waals surface area contributed by atoms with E-state index >= 15 is 0 Å². The average molecular weight is 477 g/mol. The monoisotopic (exact) mass is 476 g/mol. The van der Waals surface area contributed by atoms with Crippen LogP contribution in [0.4, 0.5) is 5.13 Å². The van der Waals surface area contributed by atoms with Gasteiger partial charge in [-0.1, -0.05) is 35.6 Å². The number of hydrogen-bond donors (Lipinski definition) is 1. The Kier molecular flexibility index (Phi) is 5.47. The molecule has 5 rings (SSSR count). The van der Waals surface area contributed by atoms with E-state index in [1.165, 1.54) is 27.6 Å². The number of ether oxygens (including phenoxy) is 1. The largest absolute Gasteiger partial charge is 0.503 e. The van der Waals surface area contributed by atoms with E-state index in [0.717, 1.165) is 15.8 Å². The van der Waals surface area contributed by atoms with Crippen LogP contribution in [0.5, 0.6) is 5.75 Å². The first-order chi connectivity index (χ1) is 16.0. The molecule has 1 amide bonds. The first-order valence-corrected chi connectivity index (χ1v) is 12.1.